The highest BCUT2D eigenvalue weighted by Crippen LogP contribution is 2.16. The fraction of sp³-hybridized carbons (Fsp3) is 0.462. The van der Waals surface area contributed by atoms with Crippen molar-refractivity contribution >= 4 is 5.65 Å². The Morgan fingerprint density at radius 3 is 3.29 bits per heavy atom. The second-order valence-corrected chi connectivity index (χ2v) is 4.76. The van der Waals surface area contributed by atoms with Crippen LogP contribution in [0.1, 0.15) is 18.5 Å². The number of piperidine rings is 1. The second-order valence-electron chi connectivity index (χ2n) is 4.76. The summed E-state index contributed by atoms with van der Waals surface area (Å²) in [6.07, 6.45) is 7.21. The number of rotatable bonds is 2. The number of halogens is 1. The molecular weight excluding hydrogens is 217 g/mol. The number of nitrogens with zero attached hydrogens (tertiary/aromatic N) is 2. The Balaban J connectivity index is 1.80. The van der Waals surface area contributed by atoms with Crippen LogP contribution in [0, 0.1) is 11.7 Å². The van der Waals surface area contributed by atoms with Gasteiger partial charge in [-0.25, -0.2) is 9.37 Å². The largest absolute Gasteiger partial charge is 0.316 e. The smallest absolute Gasteiger partial charge is 0.139 e. The van der Waals surface area contributed by atoms with Crippen LogP contribution in [0.2, 0.25) is 0 Å². The zero-order chi connectivity index (χ0) is 11.7. The van der Waals surface area contributed by atoms with E-state index in [1.54, 1.807) is 6.20 Å². The first-order valence-corrected chi connectivity index (χ1v) is 6.15. The maximum Gasteiger partial charge on any atom is 0.139 e. The summed E-state index contributed by atoms with van der Waals surface area (Å²) in [5.74, 6) is 0.437. The number of pyridine rings is 1. The normalized spacial score (nSPS) is 20.9. The van der Waals surface area contributed by atoms with Crippen molar-refractivity contribution in [1.29, 1.82) is 0 Å². The Bertz CT molecular complexity index is 514. The van der Waals surface area contributed by atoms with Crippen LogP contribution in [0.3, 0.4) is 0 Å². The van der Waals surface area contributed by atoms with Crippen LogP contribution in [0.15, 0.2) is 24.5 Å². The first kappa shape index (κ1) is 10.7. The average molecular weight is 233 g/mol. The molecule has 0 aromatic carbocycles. The van der Waals surface area contributed by atoms with E-state index in [1.165, 1.54) is 25.0 Å². The molecule has 1 aliphatic rings. The molecule has 3 nitrogen and oxygen atoms in total. The van der Waals surface area contributed by atoms with Gasteiger partial charge in [-0.15, -0.1) is 0 Å². The van der Waals surface area contributed by atoms with Gasteiger partial charge in [-0.2, -0.15) is 0 Å². The lowest BCUT2D eigenvalue weighted by atomic mass is 9.95. The van der Waals surface area contributed by atoms with Crippen LogP contribution in [0.4, 0.5) is 4.39 Å². The molecule has 1 saturated heterocycles. The first-order chi connectivity index (χ1) is 8.31. The molecule has 0 aliphatic carbocycles. The van der Waals surface area contributed by atoms with Gasteiger partial charge in [0.1, 0.15) is 11.5 Å². The van der Waals surface area contributed by atoms with E-state index in [-0.39, 0.29) is 5.82 Å². The van der Waals surface area contributed by atoms with Crippen molar-refractivity contribution in [2.45, 2.75) is 19.3 Å². The Kier molecular flexibility index (Phi) is 2.81. The van der Waals surface area contributed by atoms with Crippen LogP contribution >= 0.6 is 0 Å². The predicted octanol–water partition coefficient (Wildman–Crippen LogP) is 2.02. The number of hydrogen-bond donors (Lipinski definition) is 1. The van der Waals surface area contributed by atoms with Crippen LogP contribution in [-0.2, 0) is 6.42 Å². The van der Waals surface area contributed by atoms with Gasteiger partial charge in [-0.1, -0.05) is 0 Å². The maximum absolute atomic E-state index is 13.0. The van der Waals surface area contributed by atoms with Gasteiger partial charge in [0.15, 0.2) is 0 Å². The van der Waals surface area contributed by atoms with Gasteiger partial charge in [0.25, 0.3) is 0 Å². The maximum atomic E-state index is 13.0. The van der Waals surface area contributed by atoms with Crippen LogP contribution in [0.5, 0.6) is 0 Å². The van der Waals surface area contributed by atoms with Crippen molar-refractivity contribution < 1.29 is 4.39 Å². The summed E-state index contributed by atoms with van der Waals surface area (Å²) in [6.45, 7) is 2.20. The van der Waals surface area contributed by atoms with E-state index >= 15 is 0 Å². The summed E-state index contributed by atoms with van der Waals surface area (Å²) in [5.41, 5.74) is 1.76. The first-order valence-electron chi connectivity index (χ1n) is 6.15. The molecule has 90 valence electrons. The number of aromatic nitrogens is 2. The SMILES string of the molecule is Fc1ccn2cc(CC3CCCNC3)nc2c1. The van der Waals surface area contributed by atoms with Crippen molar-refractivity contribution in [2.24, 2.45) is 5.92 Å². The third kappa shape index (κ3) is 2.31. The van der Waals surface area contributed by atoms with Crippen LogP contribution in [0.25, 0.3) is 5.65 Å². The molecule has 1 aliphatic heterocycles. The van der Waals surface area contributed by atoms with E-state index in [9.17, 15) is 4.39 Å². The molecule has 4 heteroatoms. The number of fused-ring (bicyclic) bond motifs is 1. The minimum absolute atomic E-state index is 0.228. The lowest BCUT2D eigenvalue weighted by molar-refractivity contribution is 0.374. The van der Waals surface area contributed by atoms with E-state index in [4.69, 9.17) is 0 Å². The van der Waals surface area contributed by atoms with E-state index in [0.717, 1.165) is 25.2 Å². The number of imidazole rings is 1. The fourth-order valence-corrected chi connectivity index (χ4v) is 2.50. The molecule has 2 aromatic heterocycles. The zero-order valence-corrected chi connectivity index (χ0v) is 9.69. The van der Waals surface area contributed by atoms with E-state index in [1.807, 2.05) is 10.6 Å². The summed E-state index contributed by atoms with van der Waals surface area (Å²) in [4.78, 5) is 4.46. The molecule has 3 rings (SSSR count). The molecule has 2 aromatic rings. The molecule has 3 heterocycles. The molecule has 1 fully saturated rings. The molecule has 0 radical (unpaired) electrons. The third-order valence-electron chi connectivity index (χ3n) is 3.37. The average Bonchev–Trinajstić information content (AvgIpc) is 2.71. The Hall–Kier alpha value is -1.42. The number of nitrogens with one attached hydrogen (secondary N) is 1. The monoisotopic (exact) mass is 233 g/mol. The van der Waals surface area contributed by atoms with Crippen molar-refractivity contribution in [3.8, 4) is 0 Å². The van der Waals surface area contributed by atoms with Gasteiger partial charge in [0, 0.05) is 18.5 Å². The molecule has 0 saturated carbocycles. The van der Waals surface area contributed by atoms with E-state index in [2.05, 4.69) is 10.3 Å². The molecule has 1 N–H and O–H groups in total. The minimum atomic E-state index is -0.228. The number of hydrogen-bond acceptors (Lipinski definition) is 2. The molecule has 0 spiro atoms. The Morgan fingerprint density at radius 1 is 1.53 bits per heavy atom. The van der Waals surface area contributed by atoms with Gasteiger partial charge >= 0.3 is 0 Å². The second kappa shape index (κ2) is 4.45. The van der Waals surface area contributed by atoms with Crippen LogP contribution in [-0.4, -0.2) is 22.5 Å². The van der Waals surface area contributed by atoms with Gasteiger partial charge in [-0.05, 0) is 44.3 Å². The highest BCUT2D eigenvalue weighted by molar-refractivity contribution is 5.40. The Morgan fingerprint density at radius 2 is 2.47 bits per heavy atom. The summed E-state index contributed by atoms with van der Waals surface area (Å²) in [7, 11) is 0. The summed E-state index contributed by atoms with van der Waals surface area (Å²) < 4.78 is 14.9. The molecule has 17 heavy (non-hydrogen) atoms. The Labute approximate surface area is 99.7 Å². The molecule has 1 unspecified atom stereocenters. The molecule has 0 bridgehead atoms. The van der Waals surface area contributed by atoms with Crippen LogP contribution < -0.4 is 5.32 Å². The fourth-order valence-electron chi connectivity index (χ4n) is 2.50. The van der Waals surface area contributed by atoms with Crippen molar-refractivity contribution in [3.05, 3.63) is 36.0 Å². The summed E-state index contributed by atoms with van der Waals surface area (Å²) in [5, 5.41) is 3.40. The predicted molar refractivity (Wildman–Crippen MR) is 64.4 cm³/mol. The highest BCUT2D eigenvalue weighted by Gasteiger charge is 2.15. The lowest BCUT2D eigenvalue weighted by Crippen LogP contribution is -2.30. The molecular formula is C13H16FN3. The van der Waals surface area contributed by atoms with Crippen molar-refractivity contribution in [1.82, 2.24) is 14.7 Å². The minimum Gasteiger partial charge on any atom is -0.316 e. The zero-order valence-electron chi connectivity index (χ0n) is 9.69. The molecule has 0 amide bonds. The van der Waals surface area contributed by atoms with Gasteiger partial charge in [0.05, 0.1) is 5.69 Å². The van der Waals surface area contributed by atoms with E-state index in [0.29, 0.717) is 11.6 Å². The van der Waals surface area contributed by atoms with E-state index < -0.39 is 0 Å². The standard InChI is InChI=1S/C13H16FN3/c14-11-3-5-17-9-12(16-13(17)7-11)6-10-2-1-4-15-8-10/h3,5,7,9-10,15H,1-2,4,6,8H2. The van der Waals surface area contributed by atoms with Crippen molar-refractivity contribution in [2.75, 3.05) is 13.1 Å². The van der Waals surface area contributed by atoms with Crippen molar-refractivity contribution in [3.63, 3.8) is 0 Å². The van der Waals surface area contributed by atoms with Gasteiger partial charge in [-0.3, -0.25) is 0 Å². The summed E-state index contributed by atoms with van der Waals surface area (Å²) in [6, 6.07) is 2.93. The quantitative estimate of drug-likeness (QED) is 0.859. The summed E-state index contributed by atoms with van der Waals surface area (Å²) >= 11 is 0. The van der Waals surface area contributed by atoms with Gasteiger partial charge in [0.2, 0.25) is 0 Å². The lowest BCUT2D eigenvalue weighted by Gasteiger charge is -2.21. The topological polar surface area (TPSA) is 29.3 Å². The molecule has 1 atom stereocenters. The van der Waals surface area contributed by atoms with Gasteiger partial charge < -0.3 is 9.72 Å². The highest BCUT2D eigenvalue weighted by atomic mass is 19.1. The third-order valence-corrected chi connectivity index (χ3v) is 3.37.